The molecule has 0 aliphatic rings. The molecule has 0 fully saturated rings. The third kappa shape index (κ3) is 1150. The van der Waals surface area contributed by atoms with E-state index in [1.54, 1.807) is 0 Å². The van der Waals surface area contributed by atoms with E-state index in [4.69, 9.17) is 0 Å². The highest BCUT2D eigenvalue weighted by Crippen LogP contribution is 2.15. The molecule has 104 valence electrons. The van der Waals surface area contributed by atoms with Gasteiger partial charge in [-0.05, 0) is 80.0 Å². The van der Waals surface area contributed by atoms with Crippen molar-refractivity contribution in [3.05, 3.63) is 0 Å². The Labute approximate surface area is 112 Å². The van der Waals surface area contributed by atoms with Gasteiger partial charge in [-0.25, -0.2) is 0 Å². The molecule has 0 spiro atoms. The first kappa shape index (κ1) is 26.3. The molecule has 16 heavy (non-hydrogen) atoms. The van der Waals surface area contributed by atoms with Crippen LogP contribution in [-0.2, 0) is 0 Å². The van der Waals surface area contributed by atoms with Gasteiger partial charge in [0.05, 0.1) is 0 Å². The van der Waals surface area contributed by atoms with E-state index in [0.717, 1.165) is 0 Å². The Balaban J connectivity index is -0.0000000600. The van der Waals surface area contributed by atoms with E-state index in [0.29, 0.717) is 31.7 Å². The van der Waals surface area contributed by atoms with E-state index in [9.17, 15) is 0 Å². The van der Waals surface area contributed by atoms with Gasteiger partial charge in [0.15, 0.2) is 0 Å². The molecule has 0 aromatic carbocycles. The lowest BCUT2D eigenvalue weighted by Gasteiger charge is -1.81. The van der Waals surface area contributed by atoms with Crippen LogP contribution in [0.25, 0.3) is 0 Å². The SMILES string of the molecule is CP(C)C.CP(C)C.CP(C)C.CP(C)C. The largest absolute Gasteiger partial charge is 0.116 e. The monoisotopic (exact) mass is 304 g/mol. The van der Waals surface area contributed by atoms with Crippen molar-refractivity contribution >= 4 is 31.7 Å². The van der Waals surface area contributed by atoms with Gasteiger partial charge in [-0.2, -0.15) is 0 Å². The minimum absolute atomic E-state index is 0.380. The second-order valence-corrected chi connectivity index (χ2v) is 16.1. The summed E-state index contributed by atoms with van der Waals surface area (Å²) in [6.45, 7) is 26.8. The van der Waals surface area contributed by atoms with Gasteiger partial charge < -0.3 is 0 Å². The molecule has 0 aliphatic heterocycles. The lowest BCUT2D eigenvalue weighted by Crippen LogP contribution is -1.48. The maximum absolute atomic E-state index is 2.23. The minimum atomic E-state index is 0.380. The highest BCUT2D eigenvalue weighted by atomic mass is 31.1. The van der Waals surface area contributed by atoms with Gasteiger partial charge in [0, 0.05) is 0 Å². The molecule has 0 aromatic heterocycles. The molecule has 0 amide bonds. The average molecular weight is 304 g/mol. The fraction of sp³-hybridized carbons (Fsp3) is 1.00. The van der Waals surface area contributed by atoms with Crippen molar-refractivity contribution in [1.82, 2.24) is 0 Å². The Hall–Kier alpha value is 1.72. The van der Waals surface area contributed by atoms with Crippen LogP contribution < -0.4 is 0 Å². The van der Waals surface area contributed by atoms with Crippen LogP contribution in [0.4, 0.5) is 0 Å². The highest BCUT2D eigenvalue weighted by Gasteiger charge is 1.66. The maximum Gasteiger partial charge on any atom is -0.0449 e. The number of rotatable bonds is 0. The van der Waals surface area contributed by atoms with Gasteiger partial charge in [0.2, 0.25) is 0 Å². The third-order valence-corrected chi connectivity index (χ3v) is 0. The molecule has 4 heteroatoms. The fourth-order valence-electron chi connectivity index (χ4n) is 0. The molecule has 0 unspecified atom stereocenters. The van der Waals surface area contributed by atoms with Gasteiger partial charge in [0.25, 0.3) is 0 Å². The van der Waals surface area contributed by atoms with Crippen molar-refractivity contribution in [2.45, 2.75) is 0 Å². The summed E-state index contributed by atoms with van der Waals surface area (Å²) in [5.74, 6) is 0. The average Bonchev–Trinajstić information content (AvgIpc) is 1.76. The van der Waals surface area contributed by atoms with Crippen molar-refractivity contribution < 1.29 is 0 Å². The minimum Gasteiger partial charge on any atom is -0.116 e. The van der Waals surface area contributed by atoms with Crippen LogP contribution in [0.15, 0.2) is 0 Å². The van der Waals surface area contributed by atoms with Crippen LogP contribution in [0.1, 0.15) is 0 Å². The van der Waals surface area contributed by atoms with E-state index in [2.05, 4.69) is 80.0 Å². The molecule has 0 saturated heterocycles. The van der Waals surface area contributed by atoms with Crippen molar-refractivity contribution in [2.24, 2.45) is 0 Å². The number of hydrogen-bond donors (Lipinski definition) is 0. The fourth-order valence-corrected chi connectivity index (χ4v) is 0. The quantitative estimate of drug-likeness (QED) is 0.523. The second-order valence-electron chi connectivity index (χ2n) is 5.37. The van der Waals surface area contributed by atoms with Crippen molar-refractivity contribution in [3.63, 3.8) is 0 Å². The molecule has 0 nitrogen and oxygen atoms in total. The highest BCUT2D eigenvalue weighted by molar-refractivity contribution is 7.55. The Morgan fingerprint density at radius 3 is 0.250 bits per heavy atom. The Bertz CT molecular complexity index is 56.0. The summed E-state index contributed by atoms with van der Waals surface area (Å²) in [4.78, 5) is 0. The van der Waals surface area contributed by atoms with Crippen molar-refractivity contribution in [1.29, 1.82) is 0 Å². The molecule has 0 rings (SSSR count). The summed E-state index contributed by atoms with van der Waals surface area (Å²) in [7, 11) is 1.52. The molecular weight excluding hydrogens is 268 g/mol. The lowest BCUT2D eigenvalue weighted by atomic mass is 11.9. The molecule has 0 N–H and O–H groups in total. The first-order valence-electron chi connectivity index (χ1n) is 5.37. The molecule has 0 saturated carbocycles. The van der Waals surface area contributed by atoms with Gasteiger partial charge >= 0.3 is 0 Å². The van der Waals surface area contributed by atoms with Gasteiger partial charge in [-0.15, -0.1) is 31.7 Å². The summed E-state index contributed by atoms with van der Waals surface area (Å²) in [5.41, 5.74) is 0. The third-order valence-electron chi connectivity index (χ3n) is 0. The zero-order valence-corrected chi connectivity index (χ0v) is 17.4. The normalized spacial score (nSPS) is 9.00. The Morgan fingerprint density at radius 1 is 0.250 bits per heavy atom. The van der Waals surface area contributed by atoms with Gasteiger partial charge in [-0.1, -0.05) is 0 Å². The predicted molar refractivity (Wildman–Crippen MR) is 98.8 cm³/mol. The molecule has 0 bridgehead atoms. The summed E-state index contributed by atoms with van der Waals surface area (Å²) in [6, 6.07) is 0. The lowest BCUT2D eigenvalue weighted by molar-refractivity contribution is 2.13. The zero-order valence-electron chi connectivity index (χ0n) is 13.8. The first-order valence-corrected chi connectivity index (χ1v) is 16.1. The second kappa shape index (κ2) is 21.9. The molecular formula is C12H36P4. The van der Waals surface area contributed by atoms with Crippen LogP contribution >= 0.6 is 31.7 Å². The Morgan fingerprint density at radius 2 is 0.250 bits per heavy atom. The summed E-state index contributed by atoms with van der Waals surface area (Å²) >= 11 is 0. The van der Waals surface area contributed by atoms with Crippen LogP contribution in [-0.4, -0.2) is 80.0 Å². The maximum atomic E-state index is 2.23. The molecule has 0 heterocycles. The van der Waals surface area contributed by atoms with Crippen molar-refractivity contribution in [3.8, 4) is 0 Å². The standard InChI is InChI=1S/4C3H9P/c4*1-4(2)3/h4*1-3H3. The van der Waals surface area contributed by atoms with E-state index in [1.165, 1.54) is 0 Å². The van der Waals surface area contributed by atoms with Crippen LogP contribution in [0.3, 0.4) is 0 Å². The number of hydrogen-bond acceptors (Lipinski definition) is 0. The molecule has 0 radical (unpaired) electrons. The Kier molecular flexibility index (Phi) is 36.1. The zero-order chi connectivity index (χ0) is 14.3. The first-order chi connectivity index (χ1) is 6.93. The van der Waals surface area contributed by atoms with Gasteiger partial charge in [0.1, 0.15) is 0 Å². The van der Waals surface area contributed by atoms with E-state index < -0.39 is 0 Å². The van der Waals surface area contributed by atoms with E-state index >= 15 is 0 Å². The topological polar surface area (TPSA) is 0 Å². The molecule has 0 aromatic rings. The van der Waals surface area contributed by atoms with E-state index in [1.807, 2.05) is 0 Å². The van der Waals surface area contributed by atoms with Crippen LogP contribution in [0.5, 0.6) is 0 Å². The van der Waals surface area contributed by atoms with E-state index in [-0.39, 0.29) is 0 Å². The van der Waals surface area contributed by atoms with Crippen LogP contribution in [0, 0.1) is 0 Å². The molecule has 0 aliphatic carbocycles. The predicted octanol–water partition coefficient (Wildman–Crippen LogP) is 5.43. The van der Waals surface area contributed by atoms with Gasteiger partial charge in [-0.3, -0.25) is 0 Å². The smallest absolute Gasteiger partial charge is 0.0449 e. The van der Waals surface area contributed by atoms with Crippen LogP contribution in [0.2, 0.25) is 0 Å². The summed E-state index contributed by atoms with van der Waals surface area (Å²) < 4.78 is 0. The summed E-state index contributed by atoms with van der Waals surface area (Å²) in [5, 5.41) is 0. The molecule has 0 atom stereocenters. The van der Waals surface area contributed by atoms with Crippen molar-refractivity contribution in [2.75, 3.05) is 80.0 Å². The summed E-state index contributed by atoms with van der Waals surface area (Å²) in [6.07, 6.45) is 0.